The van der Waals surface area contributed by atoms with Crippen molar-refractivity contribution in [3.05, 3.63) is 0 Å². The fourth-order valence-corrected chi connectivity index (χ4v) is 1.78. The molecule has 8 nitrogen and oxygen atoms in total. The second kappa shape index (κ2) is 7.73. The van der Waals surface area contributed by atoms with Gasteiger partial charge in [0.15, 0.2) is 6.29 Å². The summed E-state index contributed by atoms with van der Waals surface area (Å²) in [5.41, 5.74) is 0. The van der Waals surface area contributed by atoms with Gasteiger partial charge in [0.05, 0.1) is 6.61 Å². The zero-order valence-corrected chi connectivity index (χ0v) is 10.4. The fourth-order valence-electron chi connectivity index (χ4n) is 1.78. The van der Waals surface area contributed by atoms with Crippen LogP contribution >= 0.6 is 0 Å². The number of aliphatic hydroxyl groups is 4. The van der Waals surface area contributed by atoms with Gasteiger partial charge in [-0.05, 0) is 12.8 Å². The van der Waals surface area contributed by atoms with Crippen molar-refractivity contribution in [1.29, 1.82) is 0 Å². The first-order valence-electron chi connectivity index (χ1n) is 6.11. The van der Waals surface area contributed by atoms with E-state index in [2.05, 4.69) is 0 Å². The molecule has 0 bridgehead atoms. The lowest BCUT2D eigenvalue weighted by Gasteiger charge is -2.39. The van der Waals surface area contributed by atoms with E-state index in [1.807, 2.05) is 0 Å². The summed E-state index contributed by atoms with van der Waals surface area (Å²) in [4.78, 5) is 10.3. The topological polar surface area (TPSA) is 137 Å². The monoisotopic (exact) mass is 280 g/mol. The SMILES string of the molecule is O=C(O)CCCCO[C@@H]1O[C@H](CO)[C@@H](O)[C@H](O)[C@H]1O. The third kappa shape index (κ3) is 4.68. The van der Waals surface area contributed by atoms with Crippen LogP contribution in [0, 0.1) is 0 Å². The highest BCUT2D eigenvalue weighted by molar-refractivity contribution is 5.66. The molecule has 1 rings (SSSR count). The van der Waals surface area contributed by atoms with Crippen LogP contribution in [0.5, 0.6) is 0 Å². The number of aliphatic carboxylic acids is 1. The number of ether oxygens (including phenoxy) is 2. The Morgan fingerprint density at radius 3 is 2.37 bits per heavy atom. The van der Waals surface area contributed by atoms with Crippen LogP contribution in [-0.2, 0) is 14.3 Å². The molecular formula is C11H20O8. The summed E-state index contributed by atoms with van der Waals surface area (Å²) >= 11 is 0. The normalized spacial score (nSPS) is 35.3. The second-order valence-electron chi connectivity index (χ2n) is 4.42. The maximum Gasteiger partial charge on any atom is 0.303 e. The maximum atomic E-state index is 10.3. The van der Waals surface area contributed by atoms with E-state index in [0.717, 1.165) is 0 Å². The smallest absolute Gasteiger partial charge is 0.303 e. The maximum absolute atomic E-state index is 10.3. The molecule has 5 N–H and O–H groups in total. The van der Waals surface area contributed by atoms with Crippen LogP contribution in [-0.4, -0.2) is 75.4 Å². The van der Waals surface area contributed by atoms with E-state index in [9.17, 15) is 20.1 Å². The quantitative estimate of drug-likeness (QED) is 0.340. The highest BCUT2D eigenvalue weighted by Crippen LogP contribution is 2.22. The molecule has 0 unspecified atom stereocenters. The molecule has 19 heavy (non-hydrogen) atoms. The van der Waals surface area contributed by atoms with Crippen molar-refractivity contribution in [2.75, 3.05) is 13.2 Å². The van der Waals surface area contributed by atoms with Crippen molar-refractivity contribution >= 4 is 5.97 Å². The molecule has 5 atom stereocenters. The predicted octanol–water partition coefficient (Wildman–Crippen LogP) is -1.94. The van der Waals surface area contributed by atoms with Gasteiger partial charge in [0, 0.05) is 13.0 Å². The summed E-state index contributed by atoms with van der Waals surface area (Å²) < 4.78 is 10.3. The average Bonchev–Trinajstić information content (AvgIpc) is 2.37. The van der Waals surface area contributed by atoms with Gasteiger partial charge in [-0.2, -0.15) is 0 Å². The first-order valence-corrected chi connectivity index (χ1v) is 6.11. The van der Waals surface area contributed by atoms with Gasteiger partial charge < -0.3 is 35.0 Å². The highest BCUT2D eigenvalue weighted by atomic mass is 16.7. The van der Waals surface area contributed by atoms with Gasteiger partial charge in [-0.25, -0.2) is 0 Å². The predicted molar refractivity (Wildman–Crippen MR) is 61.2 cm³/mol. The molecule has 1 saturated heterocycles. The molecule has 0 aromatic rings. The molecule has 0 spiro atoms. The zero-order valence-electron chi connectivity index (χ0n) is 10.4. The standard InChI is InChI=1S/C11H20O8/c12-5-6-8(15)9(16)10(17)11(19-6)18-4-2-1-3-7(13)14/h6,8-12,15-17H,1-5H2,(H,13,14)/t6-,8-,9+,10-,11-/m1/s1. The molecule has 0 aromatic carbocycles. The number of aliphatic hydroxyl groups excluding tert-OH is 4. The number of rotatable bonds is 7. The first kappa shape index (κ1) is 16.3. The largest absolute Gasteiger partial charge is 0.481 e. The molecule has 0 saturated carbocycles. The minimum atomic E-state index is -1.46. The van der Waals surface area contributed by atoms with Crippen LogP contribution in [0.3, 0.4) is 0 Å². The Bertz CT molecular complexity index is 282. The van der Waals surface area contributed by atoms with Gasteiger partial charge in [0.2, 0.25) is 0 Å². The van der Waals surface area contributed by atoms with E-state index >= 15 is 0 Å². The molecule has 0 aromatic heterocycles. The number of carboxylic acid groups (broad SMARTS) is 1. The fraction of sp³-hybridized carbons (Fsp3) is 0.909. The van der Waals surface area contributed by atoms with Crippen LogP contribution in [0.4, 0.5) is 0 Å². The summed E-state index contributed by atoms with van der Waals surface area (Å²) in [5.74, 6) is -0.896. The molecule has 0 radical (unpaired) electrons. The Labute approximate surface area is 110 Å². The van der Waals surface area contributed by atoms with Crippen LogP contribution in [0.2, 0.25) is 0 Å². The molecule has 1 aliphatic rings. The number of carboxylic acids is 1. The van der Waals surface area contributed by atoms with E-state index in [1.54, 1.807) is 0 Å². The van der Waals surface area contributed by atoms with E-state index in [0.29, 0.717) is 12.8 Å². The number of unbranched alkanes of at least 4 members (excludes halogenated alkanes) is 1. The van der Waals surface area contributed by atoms with Crippen molar-refractivity contribution in [2.45, 2.75) is 50.0 Å². The Hall–Kier alpha value is -0.770. The van der Waals surface area contributed by atoms with Crippen LogP contribution in [0.25, 0.3) is 0 Å². The van der Waals surface area contributed by atoms with E-state index in [1.165, 1.54) is 0 Å². The minimum Gasteiger partial charge on any atom is -0.481 e. The lowest BCUT2D eigenvalue weighted by atomic mass is 9.99. The van der Waals surface area contributed by atoms with Crippen LogP contribution < -0.4 is 0 Å². The third-order valence-corrected chi connectivity index (χ3v) is 2.92. The minimum absolute atomic E-state index is 0.0258. The van der Waals surface area contributed by atoms with Crippen LogP contribution in [0.15, 0.2) is 0 Å². The summed E-state index contributed by atoms with van der Waals surface area (Å²) in [5, 5.41) is 46.1. The number of hydrogen-bond donors (Lipinski definition) is 5. The van der Waals surface area contributed by atoms with Crippen molar-refractivity contribution in [1.82, 2.24) is 0 Å². The lowest BCUT2D eigenvalue weighted by molar-refractivity contribution is -0.301. The van der Waals surface area contributed by atoms with Crippen molar-refractivity contribution in [3.63, 3.8) is 0 Å². The Morgan fingerprint density at radius 2 is 1.79 bits per heavy atom. The Balaban J connectivity index is 2.33. The van der Waals surface area contributed by atoms with E-state index < -0.39 is 43.3 Å². The van der Waals surface area contributed by atoms with E-state index in [4.69, 9.17) is 19.7 Å². The average molecular weight is 280 g/mol. The van der Waals surface area contributed by atoms with Gasteiger partial charge >= 0.3 is 5.97 Å². The van der Waals surface area contributed by atoms with Crippen molar-refractivity contribution < 1.29 is 39.8 Å². The Kier molecular flexibility index (Phi) is 6.63. The summed E-state index contributed by atoms with van der Waals surface area (Å²) in [6.07, 6.45) is -5.53. The van der Waals surface area contributed by atoms with E-state index in [-0.39, 0.29) is 13.0 Å². The summed E-state index contributed by atoms with van der Waals surface area (Å²) in [6.45, 7) is -0.361. The molecule has 0 amide bonds. The molecular weight excluding hydrogens is 260 g/mol. The molecule has 1 fully saturated rings. The van der Waals surface area contributed by atoms with Gasteiger partial charge in [-0.3, -0.25) is 4.79 Å². The van der Waals surface area contributed by atoms with Crippen LogP contribution in [0.1, 0.15) is 19.3 Å². The molecule has 0 aliphatic carbocycles. The molecule has 8 heteroatoms. The number of hydrogen-bond acceptors (Lipinski definition) is 7. The highest BCUT2D eigenvalue weighted by Gasteiger charge is 2.43. The van der Waals surface area contributed by atoms with Gasteiger partial charge in [-0.15, -0.1) is 0 Å². The third-order valence-electron chi connectivity index (χ3n) is 2.92. The van der Waals surface area contributed by atoms with Gasteiger partial charge in [-0.1, -0.05) is 0 Å². The van der Waals surface area contributed by atoms with Crippen molar-refractivity contribution in [3.8, 4) is 0 Å². The van der Waals surface area contributed by atoms with Crippen molar-refractivity contribution in [2.24, 2.45) is 0 Å². The van der Waals surface area contributed by atoms with Gasteiger partial charge in [0.1, 0.15) is 24.4 Å². The summed E-state index contributed by atoms with van der Waals surface area (Å²) in [7, 11) is 0. The first-order chi connectivity index (χ1) is 8.97. The molecule has 112 valence electrons. The number of carbonyl (C=O) groups is 1. The lowest BCUT2D eigenvalue weighted by Crippen LogP contribution is -2.59. The molecule has 1 heterocycles. The zero-order chi connectivity index (χ0) is 14.4. The Morgan fingerprint density at radius 1 is 1.11 bits per heavy atom. The molecule has 1 aliphatic heterocycles. The van der Waals surface area contributed by atoms with Gasteiger partial charge in [0.25, 0.3) is 0 Å². The summed E-state index contributed by atoms with van der Waals surface area (Å²) in [6, 6.07) is 0. The second-order valence-corrected chi connectivity index (χ2v) is 4.42.